The van der Waals surface area contributed by atoms with E-state index in [2.05, 4.69) is 43.0 Å². The van der Waals surface area contributed by atoms with Crippen molar-refractivity contribution >= 4 is 5.69 Å². The lowest BCUT2D eigenvalue weighted by Gasteiger charge is -2.36. The van der Waals surface area contributed by atoms with E-state index in [0.717, 1.165) is 26.2 Å². The molecule has 0 spiro atoms. The molecule has 1 fully saturated rings. The Labute approximate surface area is 114 Å². The fourth-order valence-electron chi connectivity index (χ4n) is 2.45. The minimum Gasteiger partial charge on any atom is -0.369 e. The number of piperazine rings is 1. The van der Waals surface area contributed by atoms with Gasteiger partial charge < -0.3 is 4.90 Å². The maximum absolute atomic E-state index is 12.3. The number of hydrogen-bond acceptors (Lipinski definition) is 2. The van der Waals surface area contributed by atoms with Crippen LogP contribution < -0.4 is 4.90 Å². The molecule has 1 aliphatic heterocycles. The van der Waals surface area contributed by atoms with Crippen LogP contribution in [0.5, 0.6) is 0 Å². The molecule has 1 aliphatic rings. The Morgan fingerprint density at radius 3 is 2.05 bits per heavy atom. The van der Waals surface area contributed by atoms with E-state index in [1.54, 1.807) is 0 Å². The van der Waals surface area contributed by atoms with Gasteiger partial charge in [0.15, 0.2) is 0 Å². The number of halogens is 2. The van der Waals surface area contributed by atoms with Crippen molar-refractivity contribution < 1.29 is 8.78 Å². The van der Waals surface area contributed by atoms with Crippen molar-refractivity contribution in [3.8, 4) is 0 Å². The summed E-state index contributed by atoms with van der Waals surface area (Å²) in [5.74, 6) is 0.539. The van der Waals surface area contributed by atoms with Crippen molar-refractivity contribution in [3.05, 3.63) is 29.8 Å². The molecule has 106 valence electrons. The summed E-state index contributed by atoms with van der Waals surface area (Å²) in [6, 6.07) is 8.59. The first kappa shape index (κ1) is 14.3. The highest BCUT2D eigenvalue weighted by molar-refractivity contribution is 5.48. The van der Waals surface area contributed by atoms with E-state index in [1.165, 1.54) is 11.3 Å². The zero-order valence-electron chi connectivity index (χ0n) is 11.6. The molecule has 1 aromatic carbocycles. The van der Waals surface area contributed by atoms with E-state index in [4.69, 9.17) is 0 Å². The molecular formula is C15H22F2N2. The van der Waals surface area contributed by atoms with Crippen LogP contribution in [0.3, 0.4) is 0 Å². The molecule has 2 rings (SSSR count). The normalized spacial score (nSPS) is 17.5. The van der Waals surface area contributed by atoms with Gasteiger partial charge in [-0.15, -0.1) is 0 Å². The Balaban J connectivity index is 1.90. The fraction of sp³-hybridized carbons (Fsp3) is 0.600. The third-order valence-electron chi connectivity index (χ3n) is 3.69. The Kier molecular flexibility index (Phi) is 4.75. The zero-order valence-corrected chi connectivity index (χ0v) is 11.6. The van der Waals surface area contributed by atoms with Gasteiger partial charge in [-0.3, -0.25) is 4.90 Å². The molecule has 1 aromatic rings. The topological polar surface area (TPSA) is 6.48 Å². The lowest BCUT2D eigenvalue weighted by atomic mass is 10.0. The number of benzene rings is 1. The second-order valence-corrected chi connectivity index (χ2v) is 5.42. The van der Waals surface area contributed by atoms with Gasteiger partial charge in [0.2, 0.25) is 0 Å². The molecule has 0 unspecified atom stereocenters. The third kappa shape index (κ3) is 3.90. The van der Waals surface area contributed by atoms with E-state index >= 15 is 0 Å². The van der Waals surface area contributed by atoms with Gasteiger partial charge in [-0.1, -0.05) is 26.0 Å². The smallest absolute Gasteiger partial charge is 0.251 e. The van der Waals surface area contributed by atoms with Gasteiger partial charge in [-0.05, 0) is 23.6 Å². The average molecular weight is 268 g/mol. The van der Waals surface area contributed by atoms with Crippen LogP contribution in [0.25, 0.3) is 0 Å². The summed E-state index contributed by atoms with van der Waals surface area (Å²) in [5.41, 5.74) is 2.53. The number of anilines is 1. The van der Waals surface area contributed by atoms with Gasteiger partial charge in [0.25, 0.3) is 6.43 Å². The van der Waals surface area contributed by atoms with Crippen molar-refractivity contribution in [1.29, 1.82) is 0 Å². The maximum atomic E-state index is 12.3. The second-order valence-electron chi connectivity index (χ2n) is 5.42. The molecule has 0 saturated carbocycles. The summed E-state index contributed by atoms with van der Waals surface area (Å²) in [7, 11) is 0. The molecule has 1 heterocycles. The standard InChI is InChI=1S/C15H22F2N2/c1-12(2)13-3-5-14(6-4-13)19-9-7-18(8-10-19)11-15(16)17/h3-6,12,15H,7-11H2,1-2H3. The molecule has 0 aromatic heterocycles. The minimum absolute atomic E-state index is 0.0971. The van der Waals surface area contributed by atoms with Crippen LogP contribution >= 0.6 is 0 Å². The highest BCUT2D eigenvalue weighted by Gasteiger charge is 2.19. The summed E-state index contributed by atoms with van der Waals surface area (Å²) < 4.78 is 24.6. The van der Waals surface area contributed by atoms with E-state index < -0.39 is 6.43 Å². The van der Waals surface area contributed by atoms with Gasteiger partial charge in [0, 0.05) is 31.9 Å². The molecule has 0 radical (unpaired) electrons. The maximum Gasteiger partial charge on any atom is 0.251 e. The number of rotatable bonds is 4. The van der Waals surface area contributed by atoms with Gasteiger partial charge >= 0.3 is 0 Å². The van der Waals surface area contributed by atoms with E-state index in [9.17, 15) is 8.78 Å². The van der Waals surface area contributed by atoms with Gasteiger partial charge in [-0.25, -0.2) is 8.78 Å². The first-order chi connectivity index (χ1) is 9.06. The third-order valence-corrected chi connectivity index (χ3v) is 3.69. The Bertz CT molecular complexity index is 382. The first-order valence-electron chi connectivity index (χ1n) is 6.91. The van der Waals surface area contributed by atoms with Crippen molar-refractivity contribution in [2.24, 2.45) is 0 Å². The molecule has 0 amide bonds. The summed E-state index contributed by atoms with van der Waals surface area (Å²) in [6.45, 7) is 7.35. The number of nitrogens with zero attached hydrogens (tertiary/aromatic N) is 2. The Morgan fingerprint density at radius 1 is 1.00 bits per heavy atom. The summed E-state index contributed by atoms with van der Waals surface area (Å²) in [5, 5.41) is 0. The molecule has 19 heavy (non-hydrogen) atoms. The second kappa shape index (κ2) is 6.33. The predicted octanol–water partition coefficient (Wildman–Crippen LogP) is 3.20. The van der Waals surface area contributed by atoms with Gasteiger partial charge in [-0.2, -0.15) is 0 Å². The molecule has 0 atom stereocenters. The minimum atomic E-state index is -2.23. The van der Waals surface area contributed by atoms with Crippen LogP contribution in [0.2, 0.25) is 0 Å². The lowest BCUT2D eigenvalue weighted by molar-refractivity contribution is 0.0854. The van der Waals surface area contributed by atoms with Crippen LogP contribution in [0.1, 0.15) is 25.3 Å². The first-order valence-corrected chi connectivity index (χ1v) is 6.91. The molecule has 4 heteroatoms. The summed E-state index contributed by atoms with van der Waals surface area (Å²) in [6.07, 6.45) is -2.23. The molecular weight excluding hydrogens is 246 g/mol. The monoisotopic (exact) mass is 268 g/mol. The van der Waals surface area contributed by atoms with Gasteiger partial charge in [0.05, 0.1) is 6.54 Å². The van der Waals surface area contributed by atoms with Crippen molar-refractivity contribution in [2.75, 3.05) is 37.6 Å². The molecule has 0 N–H and O–H groups in total. The van der Waals surface area contributed by atoms with E-state index in [-0.39, 0.29) is 6.54 Å². The summed E-state index contributed by atoms with van der Waals surface area (Å²) in [4.78, 5) is 4.11. The van der Waals surface area contributed by atoms with Crippen LogP contribution in [-0.2, 0) is 0 Å². The Morgan fingerprint density at radius 2 is 1.58 bits per heavy atom. The van der Waals surface area contributed by atoms with Crippen molar-refractivity contribution in [2.45, 2.75) is 26.2 Å². The average Bonchev–Trinajstić information content (AvgIpc) is 2.39. The quantitative estimate of drug-likeness (QED) is 0.827. The zero-order chi connectivity index (χ0) is 13.8. The Hall–Kier alpha value is -1.16. The largest absolute Gasteiger partial charge is 0.369 e. The molecule has 1 saturated heterocycles. The van der Waals surface area contributed by atoms with Crippen LogP contribution in [0.15, 0.2) is 24.3 Å². The number of alkyl halides is 2. The molecule has 0 bridgehead atoms. The highest BCUT2D eigenvalue weighted by Crippen LogP contribution is 2.21. The van der Waals surface area contributed by atoms with Crippen LogP contribution in [0.4, 0.5) is 14.5 Å². The lowest BCUT2D eigenvalue weighted by Crippen LogP contribution is -2.47. The highest BCUT2D eigenvalue weighted by atomic mass is 19.3. The van der Waals surface area contributed by atoms with Crippen LogP contribution in [-0.4, -0.2) is 44.0 Å². The van der Waals surface area contributed by atoms with Gasteiger partial charge in [0.1, 0.15) is 0 Å². The van der Waals surface area contributed by atoms with Crippen molar-refractivity contribution in [3.63, 3.8) is 0 Å². The molecule has 0 aliphatic carbocycles. The van der Waals surface area contributed by atoms with Crippen LogP contribution in [0, 0.1) is 0 Å². The number of hydrogen-bond donors (Lipinski definition) is 0. The van der Waals surface area contributed by atoms with E-state index in [1.807, 2.05) is 4.90 Å². The van der Waals surface area contributed by atoms with Crippen molar-refractivity contribution in [1.82, 2.24) is 4.90 Å². The summed E-state index contributed by atoms with van der Waals surface area (Å²) >= 11 is 0. The van der Waals surface area contributed by atoms with E-state index in [0.29, 0.717) is 5.92 Å². The predicted molar refractivity (Wildman–Crippen MR) is 75.2 cm³/mol. The fourth-order valence-corrected chi connectivity index (χ4v) is 2.45. The SMILES string of the molecule is CC(C)c1ccc(N2CCN(CC(F)F)CC2)cc1. The molecule has 2 nitrogen and oxygen atoms in total.